The zero-order valence-corrected chi connectivity index (χ0v) is 10.5. The van der Waals surface area contributed by atoms with Crippen molar-refractivity contribution >= 4 is 17.7 Å². The maximum atomic E-state index is 11.9. The van der Waals surface area contributed by atoms with E-state index in [2.05, 4.69) is 5.32 Å². The molecule has 1 rings (SSSR count). The first-order valence-corrected chi connectivity index (χ1v) is 5.82. The van der Waals surface area contributed by atoms with Crippen LogP contribution in [-0.4, -0.2) is 41.0 Å². The fourth-order valence-corrected chi connectivity index (χ4v) is 1.57. The van der Waals surface area contributed by atoms with Crippen LogP contribution in [0.4, 0.5) is 0 Å². The maximum Gasteiger partial charge on any atom is 0.336 e. The van der Waals surface area contributed by atoms with Crippen molar-refractivity contribution in [3.63, 3.8) is 0 Å². The van der Waals surface area contributed by atoms with Crippen molar-refractivity contribution in [2.24, 2.45) is 0 Å². The third kappa shape index (κ3) is 3.89. The number of Topliss-reactive ketones (excluding diaryl/α,β-unsaturated/α-hetero) is 1. The summed E-state index contributed by atoms with van der Waals surface area (Å²) in [5.41, 5.74) is -0.431. The Hall–Kier alpha value is -2.21. The number of carboxylic acids is 2. The molecule has 0 radical (unpaired) electrons. The van der Waals surface area contributed by atoms with Crippen LogP contribution in [0, 0.1) is 0 Å². The van der Waals surface area contributed by atoms with Gasteiger partial charge in [-0.1, -0.05) is 6.92 Å². The third-order valence-electron chi connectivity index (χ3n) is 2.51. The summed E-state index contributed by atoms with van der Waals surface area (Å²) >= 11 is 0. The first-order chi connectivity index (χ1) is 8.97. The highest BCUT2D eigenvalue weighted by molar-refractivity contribution is 6.08. The van der Waals surface area contributed by atoms with Crippen molar-refractivity contribution in [2.45, 2.75) is 13.3 Å². The largest absolute Gasteiger partial charge is 0.478 e. The van der Waals surface area contributed by atoms with E-state index in [0.717, 1.165) is 12.5 Å². The van der Waals surface area contributed by atoms with Crippen LogP contribution in [0.3, 0.4) is 0 Å². The molecule has 0 aromatic heterocycles. The smallest absolute Gasteiger partial charge is 0.336 e. The number of benzene rings is 1. The predicted molar refractivity (Wildman–Crippen MR) is 67.9 cm³/mol. The summed E-state index contributed by atoms with van der Waals surface area (Å²) in [6.45, 7) is 2.63. The number of nitrogens with one attached hydrogen (secondary N) is 1. The molecule has 1 aromatic carbocycles. The lowest BCUT2D eigenvalue weighted by atomic mass is 10.0. The first-order valence-electron chi connectivity index (χ1n) is 5.82. The number of hydrogen-bond donors (Lipinski definition) is 3. The van der Waals surface area contributed by atoms with Crippen LogP contribution >= 0.6 is 0 Å². The number of carboxylic acid groups (broad SMARTS) is 2. The van der Waals surface area contributed by atoms with Crippen molar-refractivity contribution in [3.8, 4) is 0 Å². The monoisotopic (exact) mass is 265 g/mol. The lowest BCUT2D eigenvalue weighted by molar-refractivity contribution is 0.0692. The second-order valence-electron chi connectivity index (χ2n) is 3.97. The molecule has 0 unspecified atom stereocenters. The van der Waals surface area contributed by atoms with Gasteiger partial charge in [0.1, 0.15) is 0 Å². The van der Waals surface area contributed by atoms with Crippen molar-refractivity contribution < 1.29 is 24.6 Å². The number of hydrogen-bond acceptors (Lipinski definition) is 4. The van der Waals surface area contributed by atoms with Gasteiger partial charge in [0.2, 0.25) is 0 Å². The quantitative estimate of drug-likeness (QED) is 0.506. The van der Waals surface area contributed by atoms with E-state index < -0.39 is 11.9 Å². The Labute approximate surface area is 110 Å². The standard InChI is InChI=1S/C13H15NO5/c1-2-5-14-7-11(15)9-4-3-8(12(16)17)6-10(9)13(18)19/h3-4,6,14H,2,5,7H2,1H3,(H,16,17)(H,18,19). The van der Waals surface area contributed by atoms with E-state index in [1.54, 1.807) is 0 Å². The molecule has 0 heterocycles. The fraction of sp³-hybridized carbons (Fsp3) is 0.308. The Morgan fingerprint density at radius 2 is 1.79 bits per heavy atom. The van der Waals surface area contributed by atoms with Crippen molar-refractivity contribution in [2.75, 3.05) is 13.1 Å². The van der Waals surface area contributed by atoms with Gasteiger partial charge < -0.3 is 15.5 Å². The van der Waals surface area contributed by atoms with E-state index in [1.807, 2.05) is 6.92 Å². The summed E-state index contributed by atoms with van der Waals surface area (Å²) in [6.07, 6.45) is 0.858. The molecule has 0 saturated heterocycles. The normalized spacial score (nSPS) is 10.2. The Balaban J connectivity index is 3.03. The van der Waals surface area contributed by atoms with Gasteiger partial charge in [-0.15, -0.1) is 0 Å². The number of ketones is 1. The van der Waals surface area contributed by atoms with Gasteiger partial charge in [0.05, 0.1) is 17.7 Å². The maximum absolute atomic E-state index is 11.9. The Kier molecular flexibility index (Phi) is 5.20. The number of rotatable bonds is 7. The summed E-state index contributed by atoms with van der Waals surface area (Å²) in [5, 5.41) is 20.7. The average Bonchev–Trinajstić information content (AvgIpc) is 2.38. The molecular weight excluding hydrogens is 250 g/mol. The van der Waals surface area contributed by atoms with Gasteiger partial charge in [-0.2, -0.15) is 0 Å². The highest BCUT2D eigenvalue weighted by Gasteiger charge is 2.18. The van der Waals surface area contributed by atoms with Crippen LogP contribution in [-0.2, 0) is 0 Å². The van der Waals surface area contributed by atoms with Gasteiger partial charge in [-0.25, -0.2) is 9.59 Å². The molecule has 0 aliphatic carbocycles. The first kappa shape index (κ1) is 14.8. The van der Waals surface area contributed by atoms with Gasteiger partial charge >= 0.3 is 11.9 Å². The average molecular weight is 265 g/mol. The van der Waals surface area contributed by atoms with E-state index in [4.69, 9.17) is 10.2 Å². The van der Waals surface area contributed by atoms with Crippen LogP contribution in [0.2, 0.25) is 0 Å². The third-order valence-corrected chi connectivity index (χ3v) is 2.51. The van der Waals surface area contributed by atoms with Gasteiger partial charge in [-0.3, -0.25) is 4.79 Å². The molecule has 0 atom stereocenters. The van der Waals surface area contributed by atoms with Crippen LogP contribution in [0.15, 0.2) is 18.2 Å². The summed E-state index contributed by atoms with van der Waals surface area (Å²) in [7, 11) is 0. The molecule has 19 heavy (non-hydrogen) atoms. The van der Waals surface area contributed by atoms with Gasteiger partial charge in [0.25, 0.3) is 0 Å². The summed E-state index contributed by atoms with van der Waals surface area (Å²) in [4.78, 5) is 33.7. The summed E-state index contributed by atoms with van der Waals surface area (Å²) in [5.74, 6) is -2.92. The number of carbonyl (C=O) groups is 3. The highest BCUT2D eigenvalue weighted by atomic mass is 16.4. The molecular formula is C13H15NO5. The molecule has 102 valence electrons. The Morgan fingerprint density at radius 1 is 1.11 bits per heavy atom. The topological polar surface area (TPSA) is 104 Å². The lowest BCUT2D eigenvalue weighted by Gasteiger charge is -2.07. The molecule has 0 aliphatic heterocycles. The van der Waals surface area contributed by atoms with Crippen LogP contribution in [0.5, 0.6) is 0 Å². The molecule has 0 spiro atoms. The second kappa shape index (κ2) is 6.65. The van der Waals surface area contributed by atoms with Gasteiger partial charge in [0.15, 0.2) is 5.78 Å². The van der Waals surface area contributed by atoms with E-state index in [9.17, 15) is 14.4 Å². The summed E-state index contributed by atoms with van der Waals surface area (Å²) in [6, 6.07) is 3.46. The van der Waals surface area contributed by atoms with Crippen molar-refractivity contribution in [3.05, 3.63) is 34.9 Å². The summed E-state index contributed by atoms with van der Waals surface area (Å²) < 4.78 is 0. The minimum Gasteiger partial charge on any atom is -0.478 e. The fourth-order valence-electron chi connectivity index (χ4n) is 1.57. The molecule has 6 heteroatoms. The van der Waals surface area contributed by atoms with Crippen LogP contribution < -0.4 is 5.32 Å². The molecule has 0 bridgehead atoms. The molecule has 0 amide bonds. The van der Waals surface area contributed by atoms with E-state index in [-0.39, 0.29) is 29.0 Å². The predicted octanol–water partition coefficient (Wildman–Crippen LogP) is 1.27. The van der Waals surface area contributed by atoms with Crippen LogP contribution in [0.25, 0.3) is 0 Å². The zero-order chi connectivity index (χ0) is 14.4. The Bertz CT molecular complexity index is 510. The lowest BCUT2D eigenvalue weighted by Crippen LogP contribution is -2.25. The minimum atomic E-state index is -1.32. The molecule has 0 saturated carbocycles. The Morgan fingerprint density at radius 3 is 2.32 bits per heavy atom. The van der Waals surface area contributed by atoms with Gasteiger partial charge in [0, 0.05) is 5.56 Å². The second-order valence-corrected chi connectivity index (χ2v) is 3.97. The minimum absolute atomic E-state index is 0.0149. The van der Waals surface area contributed by atoms with Crippen molar-refractivity contribution in [1.29, 1.82) is 0 Å². The molecule has 0 fully saturated rings. The molecule has 6 nitrogen and oxygen atoms in total. The van der Waals surface area contributed by atoms with Gasteiger partial charge in [-0.05, 0) is 31.2 Å². The molecule has 0 aliphatic rings. The molecule has 3 N–H and O–H groups in total. The number of aromatic carboxylic acids is 2. The van der Waals surface area contributed by atoms with E-state index in [1.165, 1.54) is 12.1 Å². The van der Waals surface area contributed by atoms with Crippen molar-refractivity contribution in [1.82, 2.24) is 5.32 Å². The zero-order valence-electron chi connectivity index (χ0n) is 10.5. The van der Waals surface area contributed by atoms with E-state index >= 15 is 0 Å². The highest BCUT2D eigenvalue weighted by Crippen LogP contribution is 2.13. The SMILES string of the molecule is CCCNCC(=O)c1ccc(C(=O)O)cc1C(=O)O. The van der Waals surface area contributed by atoms with Crippen LogP contribution in [0.1, 0.15) is 44.4 Å². The van der Waals surface area contributed by atoms with E-state index in [0.29, 0.717) is 6.54 Å². The number of carbonyl (C=O) groups excluding carboxylic acids is 1. The molecule has 1 aromatic rings.